The summed E-state index contributed by atoms with van der Waals surface area (Å²) in [5.41, 5.74) is 0. The summed E-state index contributed by atoms with van der Waals surface area (Å²) in [5.74, 6) is 0.0912. The summed E-state index contributed by atoms with van der Waals surface area (Å²) in [6.07, 6.45) is -0.630. The summed E-state index contributed by atoms with van der Waals surface area (Å²) in [5, 5.41) is 17.1. The first-order valence-electron chi connectivity index (χ1n) is 6.39. The van der Waals surface area contributed by atoms with Gasteiger partial charge >= 0.3 is 0 Å². The van der Waals surface area contributed by atoms with Gasteiger partial charge in [0.1, 0.15) is 6.10 Å². The number of thiophene rings is 1. The second-order valence-electron chi connectivity index (χ2n) is 4.80. The predicted octanol–water partition coefficient (Wildman–Crippen LogP) is 1.69. The van der Waals surface area contributed by atoms with Gasteiger partial charge < -0.3 is 15.7 Å². The van der Waals surface area contributed by atoms with Crippen LogP contribution >= 0.6 is 23.7 Å². The highest BCUT2D eigenvalue weighted by Crippen LogP contribution is 2.29. The molecule has 1 aliphatic rings. The van der Waals surface area contributed by atoms with Crippen molar-refractivity contribution in [3.63, 3.8) is 0 Å². The van der Waals surface area contributed by atoms with E-state index in [1.54, 1.807) is 11.3 Å². The lowest BCUT2D eigenvalue weighted by Crippen LogP contribution is -2.51. The van der Waals surface area contributed by atoms with Gasteiger partial charge in [0, 0.05) is 29.2 Å². The molecule has 3 rings (SSSR count). The lowest BCUT2D eigenvalue weighted by Gasteiger charge is -2.26. The number of hydrogen-bond acceptors (Lipinski definition) is 4. The molecule has 0 radical (unpaired) electrons. The number of amides is 1. The average Bonchev–Trinajstić information content (AvgIpc) is 2.77. The van der Waals surface area contributed by atoms with Crippen molar-refractivity contribution in [2.45, 2.75) is 6.10 Å². The van der Waals surface area contributed by atoms with E-state index in [-0.39, 0.29) is 30.8 Å². The van der Waals surface area contributed by atoms with Gasteiger partial charge in [-0.1, -0.05) is 18.2 Å². The fourth-order valence-corrected chi connectivity index (χ4v) is 3.13. The normalized spacial score (nSPS) is 16.2. The summed E-state index contributed by atoms with van der Waals surface area (Å²) in [6, 6.07) is 10.0. The number of fused-ring (bicyclic) bond motifs is 1. The van der Waals surface area contributed by atoms with Crippen LogP contribution in [0.4, 0.5) is 0 Å². The smallest absolute Gasteiger partial charge is 0.225 e. The highest BCUT2D eigenvalue weighted by molar-refractivity contribution is 7.19. The topological polar surface area (TPSA) is 61.4 Å². The summed E-state index contributed by atoms with van der Waals surface area (Å²) in [4.78, 5) is 12.6. The van der Waals surface area contributed by atoms with E-state index < -0.39 is 6.10 Å². The van der Waals surface area contributed by atoms with Crippen molar-refractivity contribution in [2.75, 3.05) is 19.6 Å². The zero-order valence-corrected chi connectivity index (χ0v) is 12.5. The molecule has 108 valence electrons. The summed E-state index contributed by atoms with van der Waals surface area (Å²) in [6.45, 7) is 1.76. The lowest BCUT2D eigenvalue weighted by atomic mass is 10.0. The van der Waals surface area contributed by atoms with Crippen LogP contribution in [0.25, 0.3) is 10.1 Å². The van der Waals surface area contributed by atoms with Crippen molar-refractivity contribution in [3.05, 3.63) is 35.2 Å². The molecule has 1 unspecified atom stereocenters. The molecular formula is C14H17ClN2O2S. The fourth-order valence-electron chi connectivity index (χ4n) is 2.08. The molecule has 1 aliphatic heterocycles. The Morgan fingerprint density at radius 2 is 2.20 bits per heavy atom. The largest absolute Gasteiger partial charge is 0.386 e. The summed E-state index contributed by atoms with van der Waals surface area (Å²) in [7, 11) is 0. The van der Waals surface area contributed by atoms with Crippen LogP contribution in [0.5, 0.6) is 0 Å². The van der Waals surface area contributed by atoms with Gasteiger partial charge in [0.05, 0.1) is 5.92 Å². The minimum atomic E-state index is -0.630. The third kappa shape index (κ3) is 3.12. The Morgan fingerprint density at radius 3 is 2.85 bits per heavy atom. The van der Waals surface area contributed by atoms with Crippen LogP contribution < -0.4 is 10.6 Å². The number of hydrogen-bond donors (Lipinski definition) is 3. The van der Waals surface area contributed by atoms with E-state index in [4.69, 9.17) is 0 Å². The van der Waals surface area contributed by atoms with Crippen LogP contribution in [-0.2, 0) is 4.79 Å². The standard InChI is InChI=1S/C14H16N2O2S.ClH/c17-11(8-16-14(18)10-6-15-7-10)13-5-9-3-1-2-4-12(9)19-13;/h1-5,10-11,15,17H,6-8H2,(H,16,18);1H. The van der Waals surface area contributed by atoms with Gasteiger partial charge in [-0.05, 0) is 17.5 Å². The van der Waals surface area contributed by atoms with Crippen molar-refractivity contribution in [1.82, 2.24) is 10.6 Å². The highest BCUT2D eigenvalue weighted by atomic mass is 35.5. The number of nitrogens with one attached hydrogen (secondary N) is 2. The molecule has 2 aromatic rings. The number of aliphatic hydroxyl groups is 1. The number of rotatable bonds is 4. The van der Waals surface area contributed by atoms with Crippen LogP contribution in [0, 0.1) is 5.92 Å². The molecular weight excluding hydrogens is 296 g/mol. The molecule has 0 bridgehead atoms. The van der Waals surface area contributed by atoms with Gasteiger partial charge in [0.15, 0.2) is 0 Å². The maximum Gasteiger partial charge on any atom is 0.225 e. The first kappa shape index (κ1) is 15.3. The third-order valence-electron chi connectivity index (χ3n) is 3.39. The number of carbonyl (C=O) groups excluding carboxylic acids is 1. The molecule has 1 atom stereocenters. The fraction of sp³-hybridized carbons (Fsp3) is 0.357. The van der Waals surface area contributed by atoms with Crippen molar-refractivity contribution >= 4 is 39.7 Å². The molecule has 1 aromatic heterocycles. The van der Waals surface area contributed by atoms with Crippen molar-refractivity contribution in [3.8, 4) is 0 Å². The first-order valence-corrected chi connectivity index (χ1v) is 7.20. The summed E-state index contributed by atoms with van der Waals surface area (Å²) < 4.78 is 1.16. The van der Waals surface area contributed by atoms with E-state index in [0.29, 0.717) is 0 Å². The van der Waals surface area contributed by atoms with Crippen LogP contribution in [0.15, 0.2) is 30.3 Å². The Balaban J connectivity index is 0.00000147. The molecule has 4 nitrogen and oxygen atoms in total. The van der Waals surface area contributed by atoms with Gasteiger partial charge in [0.2, 0.25) is 5.91 Å². The average molecular weight is 313 g/mol. The quantitative estimate of drug-likeness (QED) is 0.805. The Hall–Kier alpha value is -1.14. The van der Waals surface area contributed by atoms with Gasteiger partial charge in [-0.25, -0.2) is 0 Å². The molecule has 1 saturated heterocycles. The third-order valence-corrected chi connectivity index (χ3v) is 4.61. The van der Waals surface area contributed by atoms with E-state index in [0.717, 1.165) is 28.1 Å². The van der Waals surface area contributed by atoms with E-state index in [1.807, 2.05) is 30.3 Å². The van der Waals surface area contributed by atoms with E-state index >= 15 is 0 Å². The molecule has 6 heteroatoms. The maximum atomic E-state index is 11.7. The number of carbonyl (C=O) groups is 1. The van der Waals surface area contributed by atoms with E-state index in [9.17, 15) is 9.90 Å². The van der Waals surface area contributed by atoms with E-state index in [1.165, 1.54) is 0 Å². The van der Waals surface area contributed by atoms with Gasteiger partial charge in [0.25, 0.3) is 0 Å². The van der Waals surface area contributed by atoms with Crippen molar-refractivity contribution in [2.24, 2.45) is 5.92 Å². The molecule has 2 heterocycles. The van der Waals surface area contributed by atoms with Crippen molar-refractivity contribution < 1.29 is 9.90 Å². The number of aliphatic hydroxyl groups excluding tert-OH is 1. The maximum absolute atomic E-state index is 11.7. The lowest BCUT2D eigenvalue weighted by molar-refractivity contribution is -0.126. The highest BCUT2D eigenvalue weighted by Gasteiger charge is 2.25. The Bertz CT molecular complexity index is 565. The molecule has 1 fully saturated rings. The molecule has 0 saturated carbocycles. The zero-order chi connectivity index (χ0) is 13.2. The molecule has 0 aliphatic carbocycles. The molecule has 0 spiro atoms. The molecule has 20 heavy (non-hydrogen) atoms. The summed E-state index contributed by atoms with van der Waals surface area (Å²) >= 11 is 1.57. The monoisotopic (exact) mass is 312 g/mol. The van der Waals surface area contributed by atoms with Crippen molar-refractivity contribution in [1.29, 1.82) is 0 Å². The molecule has 3 N–H and O–H groups in total. The minimum Gasteiger partial charge on any atom is -0.386 e. The van der Waals surface area contributed by atoms with Crippen LogP contribution in [0.2, 0.25) is 0 Å². The van der Waals surface area contributed by atoms with Gasteiger partial charge in [-0.3, -0.25) is 4.79 Å². The van der Waals surface area contributed by atoms with Crippen LogP contribution in [0.1, 0.15) is 11.0 Å². The van der Waals surface area contributed by atoms with Crippen LogP contribution in [0.3, 0.4) is 0 Å². The van der Waals surface area contributed by atoms with Gasteiger partial charge in [-0.15, -0.1) is 23.7 Å². The second-order valence-corrected chi connectivity index (χ2v) is 5.92. The Morgan fingerprint density at radius 1 is 1.45 bits per heavy atom. The van der Waals surface area contributed by atoms with E-state index in [2.05, 4.69) is 10.6 Å². The number of benzene rings is 1. The minimum absolute atomic E-state index is 0. The number of halogens is 1. The SMILES string of the molecule is Cl.O=C(NCC(O)c1cc2ccccc2s1)C1CNC1. The Kier molecular flexibility index (Phi) is 4.99. The first-order chi connectivity index (χ1) is 9.24. The molecule has 1 aromatic carbocycles. The zero-order valence-electron chi connectivity index (χ0n) is 10.8. The van der Waals surface area contributed by atoms with Crippen LogP contribution in [-0.4, -0.2) is 30.6 Å². The Labute approximate surface area is 127 Å². The molecule has 1 amide bonds. The predicted molar refractivity (Wildman–Crippen MR) is 83.4 cm³/mol. The van der Waals surface area contributed by atoms with Gasteiger partial charge in [-0.2, -0.15) is 0 Å². The second kappa shape index (κ2) is 6.54.